The van der Waals surface area contributed by atoms with Gasteiger partial charge in [0.2, 0.25) is 10.0 Å². The van der Waals surface area contributed by atoms with Crippen LogP contribution in [0.1, 0.15) is 19.4 Å². The van der Waals surface area contributed by atoms with E-state index in [0.717, 1.165) is 0 Å². The van der Waals surface area contributed by atoms with Crippen LogP contribution in [-0.4, -0.2) is 18.7 Å². The standard InChI is InChI=1S/C10H13ClN2O2S2/c1-6(2)17(14,15)13-9-5-7(11)3-4-8(9)10(12)16/h3-6,13H,1-2H3,(H2,12,16). The maximum absolute atomic E-state index is 11.7. The molecule has 0 aliphatic heterocycles. The summed E-state index contributed by atoms with van der Waals surface area (Å²) >= 11 is 10.7. The zero-order valence-corrected chi connectivity index (χ0v) is 11.8. The van der Waals surface area contributed by atoms with Gasteiger partial charge in [0.05, 0.1) is 10.9 Å². The highest BCUT2D eigenvalue weighted by atomic mass is 35.5. The lowest BCUT2D eigenvalue weighted by Crippen LogP contribution is -2.24. The molecule has 0 heterocycles. The lowest BCUT2D eigenvalue weighted by atomic mass is 10.2. The molecular formula is C10H13ClN2O2S2. The van der Waals surface area contributed by atoms with Gasteiger partial charge in [-0.25, -0.2) is 8.42 Å². The summed E-state index contributed by atoms with van der Waals surface area (Å²) in [5.74, 6) is 0. The van der Waals surface area contributed by atoms with Crippen LogP contribution in [-0.2, 0) is 10.0 Å². The summed E-state index contributed by atoms with van der Waals surface area (Å²) in [6.07, 6.45) is 0. The maximum Gasteiger partial charge on any atom is 0.235 e. The molecule has 0 saturated heterocycles. The Labute approximate surface area is 111 Å². The molecule has 0 spiro atoms. The number of thiocarbonyl (C=S) groups is 1. The van der Waals surface area contributed by atoms with Gasteiger partial charge in [-0.2, -0.15) is 0 Å². The van der Waals surface area contributed by atoms with Gasteiger partial charge >= 0.3 is 0 Å². The molecule has 17 heavy (non-hydrogen) atoms. The largest absolute Gasteiger partial charge is 0.389 e. The molecular weight excluding hydrogens is 280 g/mol. The second-order valence-corrected chi connectivity index (χ2v) is 6.86. The smallest absolute Gasteiger partial charge is 0.235 e. The third-order valence-corrected chi connectivity index (χ3v) is 4.32. The van der Waals surface area contributed by atoms with Crippen LogP contribution < -0.4 is 10.5 Å². The number of halogens is 1. The molecule has 0 aliphatic rings. The van der Waals surface area contributed by atoms with E-state index in [-0.39, 0.29) is 4.99 Å². The highest BCUT2D eigenvalue weighted by Crippen LogP contribution is 2.23. The minimum Gasteiger partial charge on any atom is -0.389 e. The summed E-state index contributed by atoms with van der Waals surface area (Å²) in [7, 11) is -3.45. The molecule has 7 heteroatoms. The van der Waals surface area contributed by atoms with Crippen molar-refractivity contribution in [1.82, 2.24) is 0 Å². The van der Waals surface area contributed by atoms with Crippen LogP contribution >= 0.6 is 23.8 Å². The van der Waals surface area contributed by atoms with Crippen molar-refractivity contribution in [2.24, 2.45) is 5.73 Å². The molecule has 4 nitrogen and oxygen atoms in total. The molecule has 0 aliphatic carbocycles. The minimum atomic E-state index is -3.45. The van der Waals surface area contributed by atoms with E-state index < -0.39 is 15.3 Å². The SMILES string of the molecule is CC(C)S(=O)(=O)Nc1cc(Cl)ccc1C(N)=S. The predicted molar refractivity (Wildman–Crippen MR) is 75.0 cm³/mol. The van der Waals surface area contributed by atoms with E-state index in [2.05, 4.69) is 4.72 Å². The van der Waals surface area contributed by atoms with Gasteiger partial charge < -0.3 is 5.73 Å². The van der Waals surface area contributed by atoms with E-state index in [1.807, 2.05) is 0 Å². The molecule has 0 atom stereocenters. The second-order valence-electron chi connectivity index (χ2n) is 3.75. The van der Waals surface area contributed by atoms with Crippen LogP contribution in [0.4, 0.5) is 5.69 Å². The Balaban J connectivity index is 3.22. The first kappa shape index (κ1) is 14.2. The zero-order valence-electron chi connectivity index (χ0n) is 9.40. The summed E-state index contributed by atoms with van der Waals surface area (Å²) in [4.78, 5) is 0.114. The van der Waals surface area contributed by atoms with Gasteiger partial charge in [0, 0.05) is 10.6 Å². The molecule has 1 aromatic carbocycles. The summed E-state index contributed by atoms with van der Waals surface area (Å²) < 4.78 is 25.9. The lowest BCUT2D eigenvalue weighted by molar-refractivity contribution is 0.593. The summed E-state index contributed by atoms with van der Waals surface area (Å²) in [5, 5.41) is -0.146. The first-order valence-electron chi connectivity index (χ1n) is 4.85. The highest BCUT2D eigenvalue weighted by molar-refractivity contribution is 7.93. The average Bonchev–Trinajstić information content (AvgIpc) is 2.15. The molecule has 0 fully saturated rings. The fourth-order valence-electron chi connectivity index (χ4n) is 1.09. The summed E-state index contributed by atoms with van der Waals surface area (Å²) in [6.45, 7) is 3.15. The van der Waals surface area contributed by atoms with Gasteiger partial charge in [-0.1, -0.05) is 23.8 Å². The second kappa shape index (κ2) is 5.20. The molecule has 94 valence electrons. The third kappa shape index (κ3) is 3.55. The molecule has 0 radical (unpaired) electrons. The van der Waals surface area contributed by atoms with Crippen LogP contribution in [0.2, 0.25) is 5.02 Å². The van der Waals surface area contributed by atoms with Crippen LogP contribution in [0.5, 0.6) is 0 Å². The molecule has 1 rings (SSSR count). The summed E-state index contributed by atoms with van der Waals surface area (Å²) in [6, 6.07) is 4.67. The summed E-state index contributed by atoms with van der Waals surface area (Å²) in [5.41, 5.74) is 6.27. The number of hydrogen-bond acceptors (Lipinski definition) is 3. The topological polar surface area (TPSA) is 72.2 Å². The van der Waals surface area contributed by atoms with Crippen molar-refractivity contribution < 1.29 is 8.42 Å². The Kier molecular flexibility index (Phi) is 4.35. The number of benzene rings is 1. The highest BCUT2D eigenvalue weighted by Gasteiger charge is 2.18. The fraction of sp³-hybridized carbons (Fsp3) is 0.300. The number of rotatable bonds is 4. The maximum atomic E-state index is 11.7. The monoisotopic (exact) mass is 292 g/mol. The Morgan fingerprint density at radius 2 is 2.06 bits per heavy atom. The molecule has 0 amide bonds. The van der Waals surface area contributed by atoms with Crippen LogP contribution in [0.3, 0.4) is 0 Å². The number of anilines is 1. The van der Waals surface area contributed by atoms with Crippen LogP contribution in [0.15, 0.2) is 18.2 Å². The fourth-order valence-corrected chi connectivity index (χ4v) is 2.15. The van der Waals surface area contributed by atoms with Crippen LogP contribution in [0.25, 0.3) is 0 Å². The van der Waals surface area contributed by atoms with E-state index in [1.54, 1.807) is 26.0 Å². The zero-order chi connectivity index (χ0) is 13.2. The van der Waals surface area contributed by atoms with Crippen molar-refractivity contribution in [3.63, 3.8) is 0 Å². The molecule has 1 aromatic rings. The Morgan fingerprint density at radius 3 is 2.53 bits per heavy atom. The van der Waals surface area contributed by atoms with Crippen LogP contribution in [0, 0.1) is 0 Å². The Hall–Kier alpha value is -0.850. The number of nitrogens with one attached hydrogen (secondary N) is 1. The van der Waals surface area contributed by atoms with Crippen molar-refractivity contribution in [3.05, 3.63) is 28.8 Å². The van der Waals surface area contributed by atoms with E-state index in [1.165, 1.54) is 6.07 Å². The lowest BCUT2D eigenvalue weighted by Gasteiger charge is -2.14. The molecule has 0 bridgehead atoms. The molecule has 0 saturated carbocycles. The van der Waals surface area contributed by atoms with Gasteiger partial charge in [-0.3, -0.25) is 4.72 Å². The van der Waals surface area contributed by atoms with E-state index >= 15 is 0 Å². The van der Waals surface area contributed by atoms with Crippen molar-refractivity contribution >= 4 is 44.5 Å². The molecule has 0 unspecified atom stereocenters. The average molecular weight is 293 g/mol. The quantitative estimate of drug-likeness (QED) is 0.834. The van der Waals surface area contributed by atoms with Gasteiger partial charge in [-0.05, 0) is 32.0 Å². The number of nitrogens with two attached hydrogens (primary N) is 1. The van der Waals surface area contributed by atoms with Crippen molar-refractivity contribution in [3.8, 4) is 0 Å². The van der Waals surface area contributed by atoms with Crippen molar-refractivity contribution in [2.75, 3.05) is 4.72 Å². The van der Waals surface area contributed by atoms with Gasteiger partial charge in [0.25, 0.3) is 0 Å². The van der Waals surface area contributed by atoms with E-state index in [4.69, 9.17) is 29.6 Å². The number of hydrogen-bond donors (Lipinski definition) is 2. The minimum absolute atomic E-state index is 0.114. The van der Waals surface area contributed by atoms with Gasteiger partial charge in [0.1, 0.15) is 4.99 Å². The van der Waals surface area contributed by atoms with Gasteiger partial charge in [0.15, 0.2) is 0 Å². The van der Waals surface area contributed by atoms with E-state index in [0.29, 0.717) is 16.3 Å². The molecule has 0 aromatic heterocycles. The first-order valence-corrected chi connectivity index (χ1v) is 7.18. The van der Waals surface area contributed by atoms with Crippen molar-refractivity contribution in [2.45, 2.75) is 19.1 Å². The third-order valence-electron chi connectivity index (χ3n) is 2.12. The Bertz CT molecular complexity index is 541. The Morgan fingerprint density at radius 1 is 1.47 bits per heavy atom. The normalized spacial score (nSPS) is 11.5. The molecule has 3 N–H and O–H groups in total. The van der Waals surface area contributed by atoms with Gasteiger partial charge in [-0.15, -0.1) is 0 Å². The predicted octanol–water partition coefficient (Wildman–Crippen LogP) is 2.12. The number of sulfonamides is 1. The van der Waals surface area contributed by atoms with Crippen molar-refractivity contribution in [1.29, 1.82) is 0 Å². The van der Waals surface area contributed by atoms with E-state index in [9.17, 15) is 8.42 Å². The first-order chi connectivity index (χ1) is 7.74.